The summed E-state index contributed by atoms with van der Waals surface area (Å²) >= 11 is 0. The highest BCUT2D eigenvalue weighted by molar-refractivity contribution is 5.87. The Kier molecular flexibility index (Phi) is 1.90. The molecule has 0 aliphatic heterocycles. The maximum absolute atomic E-state index is 10.4. The highest BCUT2D eigenvalue weighted by Crippen LogP contribution is 2.16. The van der Waals surface area contributed by atoms with Crippen LogP contribution >= 0.6 is 0 Å². The molecular weight excluding hydrogens is 128 g/mol. The zero-order chi connectivity index (χ0) is 7.56. The van der Waals surface area contributed by atoms with Crippen molar-refractivity contribution in [2.45, 2.75) is 19.8 Å². The Balaban J connectivity index is 2.78. The largest absolute Gasteiger partial charge is 0.478 e. The van der Waals surface area contributed by atoms with E-state index >= 15 is 0 Å². The number of hydrogen-bond donors (Lipinski definition) is 1. The van der Waals surface area contributed by atoms with Crippen molar-refractivity contribution in [2.75, 3.05) is 0 Å². The third kappa shape index (κ3) is 1.47. The summed E-state index contributed by atoms with van der Waals surface area (Å²) in [6, 6.07) is 0. The molecule has 0 unspecified atom stereocenters. The number of carboxylic acid groups (broad SMARTS) is 1. The van der Waals surface area contributed by atoms with Crippen LogP contribution in [0.4, 0.5) is 0 Å². The molecule has 1 rings (SSSR count). The minimum Gasteiger partial charge on any atom is -0.478 e. The second kappa shape index (κ2) is 2.69. The summed E-state index contributed by atoms with van der Waals surface area (Å²) in [6.07, 6.45) is 5.31. The fourth-order valence-electron chi connectivity index (χ4n) is 1.03. The van der Waals surface area contributed by atoms with E-state index in [-0.39, 0.29) is 0 Å². The van der Waals surface area contributed by atoms with Gasteiger partial charge >= 0.3 is 5.97 Å². The Labute approximate surface area is 59.9 Å². The van der Waals surface area contributed by atoms with Crippen molar-refractivity contribution in [1.82, 2.24) is 0 Å². The summed E-state index contributed by atoms with van der Waals surface area (Å²) in [5.74, 6) is -0.785. The minimum absolute atomic E-state index is 0.528. The molecule has 0 aromatic carbocycles. The summed E-state index contributed by atoms with van der Waals surface area (Å²) in [5.41, 5.74) is 1.59. The Morgan fingerprint density at radius 3 is 2.80 bits per heavy atom. The first kappa shape index (κ1) is 7.06. The van der Waals surface area contributed by atoms with Gasteiger partial charge in [-0.05, 0) is 25.8 Å². The van der Waals surface area contributed by atoms with Gasteiger partial charge in [0.15, 0.2) is 0 Å². The molecule has 2 nitrogen and oxygen atoms in total. The highest BCUT2D eigenvalue weighted by atomic mass is 16.4. The summed E-state index contributed by atoms with van der Waals surface area (Å²) in [4.78, 5) is 10.4. The molecule has 54 valence electrons. The van der Waals surface area contributed by atoms with E-state index in [0.717, 1.165) is 12.0 Å². The van der Waals surface area contributed by atoms with Crippen LogP contribution in [-0.4, -0.2) is 11.1 Å². The molecular formula is C8H10O2. The molecule has 0 fully saturated rings. The van der Waals surface area contributed by atoms with Crippen LogP contribution in [-0.2, 0) is 4.79 Å². The van der Waals surface area contributed by atoms with Crippen molar-refractivity contribution in [3.05, 3.63) is 23.3 Å². The predicted octanol–water partition coefficient (Wildman–Crippen LogP) is 1.74. The van der Waals surface area contributed by atoms with Gasteiger partial charge in [0.25, 0.3) is 0 Å². The van der Waals surface area contributed by atoms with Crippen LogP contribution in [0.15, 0.2) is 23.3 Å². The van der Waals surface area contributed by atoms with E-state index < -0.39 is 5.97 Å². The van der Waals surface area contributed by atoms with Gasteiger partial charge in [0, 0.05) is 5.57 Å². The molecule has 1 N–H and O–H groups in total. The van der Waals surface area contributed by atoms with E-state index in [1.807, 2.05) is 13.0 Å². The van der Waals surface area contributed by atoms with Gasteiger partial charge in [-0.3, -0.25) is 0 Å². The predicted molar refractivity (Wildman–Crippen MR) is 38.7 cm³/mol. The number of carboxylic acids is 1. The normalized spacial score (nSPS) is 17.7. The van der Waals surface area contributed by atoms with Gasteiger partial charge in [-0.2, -0.15) is 0 Å². The summed E-state index contributed by atoms with van der Waals surface area (Å²) < 4.78 is 0. The van der Waals surface area contributed by atoms with Crippen molar-refractivity contribution >= 4 is 5.97 Å². The van der Waals surface area contributed by atoms with E-state index in [1.54, 1.807) is 6.08 Å². The molecule has 0 aromatic heterocycles. The molecule has 1 aliphatic carbocycles. The third-order valence-electron chi connectivity index (χ3n) is 1.56. The molecule has 0 saturated heterocycles. The monoisotopic (exact) mass is 138 g/mol. The molecule has 0 heterocycles. The van der Waals surface area contributed by atoms with Gasteiger partial charge in [-0.25, -0.2) is 4.79 Å². The average molecular weight is 138 g/mol. The zero-order valence-corrected chi connectivity index (χ0v) is 5.92. The molecule has 0 saturated carbocycles. The van der Waals surface area contributed by atoms with Gasteiger partial charge in [-0.15, -0.1) is 0 Å². The molecule has 1 aliphatic rings. The molecule has 0 radical (unpaired) electrons. The quantitative estimate of drug-likeness (QED) is 0.599. The van der Waals surface area contributed by atoms with Gasteiger partial charge in [0.2, 0.25) is 0 Å². The number of carbonyl (C=O) groups is 1. The zero-order valence-electron chi connectivity index (χ0n) is 5.92. The van der Waals surface area contributed by atoms with Crippen LogP contribution in [0.3, 0.4) is 0 Å². The highest BCUT2D eigenvalue weighted by Gasteiger charge is 2.08. The van der Waals surface area contributed by atoms with Crippen molar-refractivity contribution in [2.24, 2.45) is 0 Å². The lowest BCUT2D eigenvalue weighted by molar-refractivity contribution is -0.132. The van der Waals surface area contributed by atoms with Crippen LogP contribution < -0.4 is 0 Å². The maximum Gasteiger partial charge on any atom is 0.331 e. The second-order valence-corrected chi connectivity index (χ2v) is 2.46. The molecule has 0 bridgehead atoms. The topological polar surface area (TPSA) is 37.3 Å². The molecule has 0 atom stereocenters. The van der Waals surface area contributed by atoms with Crippen LogP contribution in [0.5, 0.6) is 0 Å². The Hall–Kier alpha value is -1.05. The first-order valence-electron chi connectivity index (χ1n) is 3.31. The third-order valence-corrected chi connectivity index (χ3v) is 1.56. The summed E-state index contributed by atoms with van der Waals surface area (Å²) in [6.45, 7) is 1.92. The van der Waals surface area contributed by atoms with Crippen molar-refractivity contribution in [3.63, 3.8) is 0 Å². The van der Waals surface area contributed by atoms with Crippen LogP contribution in [0.1, 0.15) is 19.8 Å². The van der Waals surface area contributed by atoms with Crippen molar-refractivity contribution in [1.29, 1.82) is 0 Å². The summed E-state index contributed by atoms with van der Waals surface area (Å²) in [5, 5.41) is 8.56. The molecule has 10 heavy (non-hydrogen) atoms. The minimum atomic E-state index is -0.785. The number of hydrogen-bond acceptors (Lipinski definition) is 1. The van der Waals surface area contributed by atoms with E-state index in [1.165, 1.54) is 0 Å². The first-order chi connectivity index (χ1) is 4.70. The fourth-order valence-corrected chi connectivity index (χ4v) is 1.03. The van der Waals surface area contributed by atoms with Crippen molar-refractivity contribution in [3.8, 4) is 0 Å². The Morgan fingerprint density at radius 2 is 2.40 bits per heavy atom. The first-order valence-corrected chi connectivity index (χ1v) is 3.31. The number of rotatable bonds is 1. The lowest BCUT2D eigenvalue weighted by Crippen LogP contribution is -2.02. The lowest BCUT2D eigenvalue weighted by Gasteiger charge is -2.05. The summed E-state index contributed by atoms with van der Waals surface area (Å²) in [7, 11) is 0. The smallest absolute Gasteiger partial charge is 0.331 e. The Bertz CT molecular complexity index is 211. The van der Waals surface area contributed by atoms with E-state index in [9.17, 15) is 4.79 Å². The van der Waals surface area contributed by atoms with E-state index in [4.69, 9.17) is 5.11 Å². The second-order valence-electron chi connectivity index (χ2n) is 2.46. The van der Waals surface area contributed by atoms with Crippen LogP contribution in [0.25, 0.3) is 0 Å². The molecule has 0 aromatic rings. The van der Waals surface area contributed by atoms with Gasteiger partial charge < -0.3 is 5.11 Å². The standard InChI is InChI=1S/C8H10O2/c1-6-3-2-4-7(5-6)8(9)10/h3,5H,2,4H2,1H3,(H,9,10). The lowest BCUT2D eigenvalue weighted by atomic mass is 10.0. The maximum atomic E-state index is 10.4. The van der Waals surface area contributed by atoms with Gasteiger partial charge in [-0.1, -0.05) is 11.6 Å². The van der Waals surface area contributed by atoms with Crippen molar-refractivity contribution < 1.29 is 9.90 Å². The van der Waals surface area contributed by atoms with E-state index in [0.29, 0.717) is 12.0 Å². The van der Waals surface area contributed by atoms with Gasteiger partial charge in [0.05, 0.1) is 0 Å². The number of allylic oxidation sites excluding steroid dienone is 3. The fraction of sp³-hybridized carbons (Fsp3) is 0.375. The van der Waals surface area contributed by atoms with Crippen LogP contribution in [0.2, 0.25) is 0 Å². The molecule has 2 heteroatoms. The SMILES string of the molecule is CC1=CCCC(C(=O)O)=C1. The number of aliphatic carboxylic acids is 1. The average Bonchev–Trinajstić information content (AvgIpc) is 1.88. The Morgan fingerprint density at radius 1 is 1.70 bits per heavy atom. The molecule has 0 amide bonds. The van der Waals surface area contributed by atoms with Gasteiger partial charge in [0.1, 0.15) is 0 Å². The van der Waals surface area contributed by atoms with E-state index in [2.05, 4.69) is 0 Å². The molecule has 0 spiro atoms. The van der Waals surface area contributed by atoms with Crippen LogP contribution in [0, 0.1) is 0 Å².